The Labute approximate surface area is 121 Å². The smallest absolute Gasteiger partial charge is 0.317 e. The van der Waals surface area contributed by atoms with Crippen LogP contribution in [0.15, 0.2) is 0 Å². The van der Waals surface area contributed by atoms with E-state index in [0.29, 0.717) is 25.6 Å². The van der Waals surface area contributed by atoms with E-state index in [2.05, 4.69) is 24.2 Å². The second-order valence-corrected chi connectivity index (χ2v) is 5.52. The monoisotopic (exact) mass is 285 g/mol. The Balaban J connectivity index is 2.53. The van der Waals surface area contributed by atoms with Crippen molar-refractivity contribution in [1.82, 2.24) is 15.1 Å². The number of nitrogens with one attached hydrogen (secondary N) is 1. The van der Waals surface area contributed by atoms with Gasteiger partial charge in [-0.25, -0.2) is 4.79 Å². The highest BCUT2D eigenvalue weighted by molar-refractivity contribution is 5.76. The van der Waals surface area contributed by atoms with Gasteiger partial charge in [-0.15, -0.1) is 0 Å². The van der Waals surface area contributed by atoms with Crippen LogP contribution in [0.25, 0.3) is 0 Å². The Morgan fingerprint density at radius 1 is 1.35 bits per heavy atom. The standard InChI is InChI=1S/C14H27N3O3/c1-4-6-11(9-13(18)19)15-14(20)17-8-7-16(3)12(5-2)10-17/h11-12H,4-10H2,1-3H3,(H,15,20)(H,18,19). The average molecular weight is 285 g/mol. The number of hydrogen-bond donors (Lipinski definition) is 2. The van der Waals surface area contributed by atoms with Crippen LogP contribution in [0.1, 0.15) is 39.5 Å². The lowest BCUT2D eigenvalue weighted by molar-refractivity contribution is -0.137. The van der Waals surface area contributed by atoms with E-state index in [9.17, 15) is 9.59 Å². The van der Waals surface area contributed by atoms with Gasteiger partial charge in [-0.05, 0) is 19.9 Å². The molecule has 0 bridgehead atoms. The summed E-state index contributed by atoms with van der Waals surface area (Å²) in [5, 5.41) is 11.7. The van der Waals surface area contributed by atoms with Gasteiger partial charge in [0.2, 0.25) is 0 Å². The maximum Gasteiger partial charge on any atom is 0.317 e. The molecule has 6 heteroatoms. The number of likely N-dealkylation sites (N-methyl/N-ethyl adjacent to an activating group) is 1. The third kappa shape index (κ3) is 5.00. The van der Waals surface area contributed by atoms with E-state index >= 15 is 0 Å². The van der Waals surface area contributed by atoms with Crippen molar-refractivity contribution in [3.63, 3.8) is 0 Å². The second-order valence-electron chi connectivity index (χ2n) is 5.52. The number of nitrogens with zero attached hydrogens (tertiary/aromatic N) is 2. The van der Waals surface area contributed by atoms with Gasteiger partial charge >= 0.3 is 12.0 Å². The molecule has 1 aliphatic rings. The lowest BCUT2D eigenvalue weighted by Crippen LogP contribution is -2.56. The van der Waals surface area contributed by atoms with Crippen LogP contribution in [0.3, 0.4) is 0 Å². The predicted molar refractivity (Wildman–Crippen MR) is 77.8 cm³/mol. The summed E-state index contributed by atoms with van der Waals surface area (Å²) in [4.78, 5) is 27.1. The number of amides is 2. The molecular weight excluding hydrogens is 258 g/mol. The molecule has 1 aliphatic heterocycles. The maximum atomic E-state index is 12.2. The topological polar surface area (TPSA) is 72.9 Å². The van der Waals surface area contributed by atoms with Crippen molar-refractivity contribution < 1.29 is 14.7 Å². The minimum Gasteiger partial charge on any atom is -0.481 e. The third-order valence-electron chi connectivity index (χ3n) is 3.92. The van der Waals surface area contributed by atoms with Crippen LogP contribution < -0.4 is 5.32 Å². The van der Waals surface area contributed by atoms with Crippen LogP contribution in [-0.2, 0) is 4.79 Å². The molecule has 116 valence electrons. The molecule has 1 fully saturated rings. The number of carboxylic acid groups (broad SMARTS) is 1. The van der Waals surface area contributed by atoms with E-state index in [1.165, 1.54) is 0 Å². The summed E-state index contributed by atoms with van der Waals surface area (Å²) in [5.41, 5.74) is 0. The minimum absolute atomic E-state index is 0.00940. The van der Waals surface area contributed by atoms with Gasteiger partial charge in [0.25, 0.3) is 0 Å². The van der Waals surface area contributed by atoms with Crippen LogP contribution >= 0.6 is 0 Å². The Kier molecular flexibility index (Phi) is 6.78. The molecule has 0 saturated carbocycles. The van der Waals surface area contributed by atoms with Crippen molar-refractivity contribution in [1.29, 1.82) is 0 Å². The summed E-state index contributed by atoms with van der Waals surface area (Å²) < 4.78 is 0. The zero-order valence-corrected chi connectivity index (χ0v) is 12.8. The lowest BCUT2D eigenvalue weighted by atomic mass is 10.1. The van der Waals surface area contributed by atoms with E-state index in [0.717, 1.165) is 19.4 Å². The number of carbonyl (C=O) groups is 2. The first-order valence-corrected chi connectivity index (χ1v) is 7.45. The summed E-state index contributed by atoms with van der Waals surface area (Å²) in [5.74, 6) is -0.867. The van der Waals surface area contributed by atoms with Crippen LogP contribution in [0.5, 0.6) is 0 Å². The summed E-state index contributed by atoms with van der Waals surface area (Å²) in [7, 11) is 2.08. The van der Waals surface area contributed by atoms with Crippen LogP contribution in [-0.4, -0.2) is 65.7 Å². The summed E-state index contributed by atoms with van der Waals surface area (Å²) in [6.45, 7) is 6.38. The Hall–Kier alpha value is -1.30. The van der Waals surface area contributed by atoms with E-state index in [1.54, 1.807) is 4.90 Å². The van der Waals surface area contributed by atoms with Gasteiger partial charge in [0.1, 0.15) is 0 Å². The van der Waals surface area contributed by atoms with Gasteiger partial charge in [-0.2, -0.15) is 0 Å². The first-order valence-electron chi connectivity index (χ1n) is 7.45. The van der Waals surface area contributed by atoms with E-state index in [-0.39, 0.29) is 18.5 Å². The minimum atomic E-state index is -0.867. The molecule has 0 aliphatic carbocycles. The number of aliphatic carboxylic acids is 1. The SMILES string of the molecule is CCCC(CC(=O)O)NC(=O)N1CCN(C)C(CC)C1. The quantitative estimate of drug-likeness (QED) is 0.773. The van der Waals surface area contributed by atoms with Crippen molar-refractivity contribution in [2.45, 2.75) is 51.6 Å². The molecule has 0 radical (unpaired) electrons. The summed E-state index contributed by atoms with van der Waals surface area (Å²) in [6, 6.07) is -0.0143. The largest absolute Gasteiger partial charge is 0.481 e. The summed E-state index contributed by atoms with van der Waals surface area (Å²) in [6.07, 6.45) is 2.56. The lowest BCUT2D eigenvalue weighted by Gasteiger charge is -2.39. The van der Waals surface area contributed by atoms with Crippen molar-refractivity contribution in [3.05, 3.63) is 0 Å². The number of carbonyl (C=O) groups excluding carboxylic acids is 1. The number of urea groups is 1. The molecule has 0 aromatic rings. The van der Waals surface area contributed by atoms with Crippen molar-refractivity contribution in [3.8, 4) is 0 Å². The number of piperazine rings is 1. The molecule has 0 spiro atoms. The molecule has 1 heterocycles. The van der Waals surface area contributed by atoms with Crippen LogP contribution in [0.2, 0.25) is 0 Å². The van der Waals surface area contributed by atoms with Crippen molar-refractivity contribution >= 4 is 12.0 Å². The maximum absolute atomic E-state index is 12.2. The Bertz CT molecular complexity index is 336. The number of hydrogen-bond acceptors (Lipinski definition) is 3. The van der Waals surface area contributed by atoms with Gasteiger partial charge in [-0.3, -0.25) is 9.69 Å². The Morgan fingerprint density at radius 2 is 2.05 bits per heavy atom. The fraction of sp³-hybridized carbons (Fsp3) is 0.857. The second kappa shape index (κ2) is 8.09. The average Bonchev–Trinajstić information content (AvgIpc) is 2.38. The molecule has 0 aromatic heterocycles. The highest BCUT2D eigenvalue weighted by Crippen LogP contribution is 2.11. The zero-order chi connectivity index (χ0) is 15.1. The molecule has 2 N–H and O–H groups in total. The van der Waals surface area contributed by atoms with Gasteiger partial charge in [0.15, 0.2) is 0 Å². The highest BCUT2D eigenvalue weighted by Gasteiger charge is 2.27. The third-order valence-corrected chi connectivity index (χ3v) is 3.92. The number of rotatable bonds is 6. The molecular formula is C14H27N3O3. The zero-order valence-electron chi connectivity index (χ0n) is 12.8. The van der Waals surface area contributed by atoms with Crippen molar-refractivity contribution in [2.75, 3.05) is 26.7 Å². The van der Waals surface area contributed by atoms with E-state index in [4.69, 9.17) is 5.11 Å². The van der Waals surface area contributed by atoms with Gasteiger partial charge in [-0.1, -0.05) is 20.3 Å². The van der Waals surface area contributed by atoms with Gasteiger partial charge < -0.3 is 15.3 Å². The van der Waals surface area contributed by atoms with E-state index < -0.39 is 5.97 Å². The fourth-order valence-electron chi connectivity index (χ4n) is 2.62. The Morgan fingerprint density at radius 3 is 2.60 bits per heavy atom. The predicted octanol–water partition coefficient (Wildman–Crippen LogP) is 1.37. The molecule has 2 atom stereocenters. The molecule has 1 saturated heterocycles. The number of carboxylic acids is 1. The first-order chi connectivity index (χ1) is 9.47. The van der Waals surface area contributed by atoms with Crippen molar-refractivity contribution in [2.24, 2.45) is 0 Å². The molecule has 1 rings (SSSR count). The molecule has 0 aromatic carbocycles. The molecule has 20 heavy (non-hydrogen) atoms. The van der Waals surface area contributed by atoms with Crippen LogP contribution in [0.4, 0.5) is 4.79 Å². The normalized spacial score (nSPS) is 21.6. The van der Waals surface area contributed by atoms with Crippen LogP contribution in [0, 0.1) is 0 Å². The molecule has 2 unspecified atom stereocenters. The first kappa shape index (κ1) is 16.8. The van der Waals surface area contributed by atoms with E-state index in [1.807, 2.05) is 6.92 Å². The summed E-state index contributed by atoms with van der Waals surface area (Å²) >= 11 is 0. The van der Waals surface area contributed by atoms with Gasteiger partial charge in [0.05, 0.1) is 6.42 Å². The fourth-order valence-corrected chi connectivity index (χ4v) is 2.62. The molecule has 6 nitrogen and oxygen atoms in total. The van der Waals surface area contributed by atoms with Gasteiger partial charge in [0, 0.05) is 31.7 Å². The highest BCUT2D eigenvalue weighted by atomic mass is 16.4. The molecule has 2 amide bonds.